The second kappa shape index (κ2) is 6.18. The van der Waals surface area contributed by atoms with Crippen molar-refractivity contribution in [3.05, 3.63) is 18.5 Å². The summed E-state index contributed by atoms with van der Waals surface area (Å²) in [6.07, 6.45) is 4.59. The van der Waals surface area contributed by atoms with Crippen molar-refractivity contribution in [1.29, 1.82) is 0 Å². The minimum Gasteiger partial charge on any atom is -0.467 e. The van der Waals surface area contributed by atoms with Crippen LogP contribution in [0.25, 0.3) is 0 Å². The van der Waals surface area contributed by atoms with Gasteiger partial charge in [0.25, 0.3) is 0 Å². The van der Waals surface area contributed by atoms with Gasteiger partial charge in [0.1, 0.15) is 12.1 Å². The van der Waals surface area contributed by atoms with Crippen molar-refractivity contribution in [3.8, 4) is 0 Å². The Kier molecular flexibility index (Phi) is 4.88. The van der Waals surface area contributed by atoms with Crippen molar-refractivity contribution in [2.24, 2.45) is 0 Å². The van der Waals surface area contributed by atoms with Crippen LogP contribution in [0.2, 0.25) is 0 Å². The first-order valence-electron chi connectivity index (χ1n) is 5.88. The highest BCUT2D eigenvalue weighted by molar-refractivity contribution is 5.87. The van der Waals surface area contributed by atoms with Gasteiger partial charge in [-0.15, -0.1) is 0 Å². The number of amides is 1. The number of hydrogen-bond acceptors (Lipinski definition) is 4. The van der Waals surface area contributed by atoms with Crippen LogP contribution in [-0.2, 0) is 20.9 Å². The zero-order valence-corrected chi connectivity index (χ0v) is 11.0. The Hall–Kier alpha value is -1.85. The number of carbonyl (C=O) groups is 2. The highest BCUT2D eigenvalue weighted by Gasteiger charge is 2.34. The van der Waals surface area contributed by atoms with Crippen LogP contribution >= 0.6 is 0 Å². The van der Waals surface area contributed by atoms with E-state index in [-0.39, 0.29) is 12.5 Å². The summed E-state index contributed by atoms with van der Waals surface area (Å²) in [5.41, 5.74) is -0.978. The van der Waals surface area contributed by atoms with Gasteiger partial charge >= 0.3 is 5.97 Å². The SMILES string of the molecule is CCCC(C)(NC(=O)Cn1cccn1)C(=O)OC. The average molecular weight is 253 g/mol. The minimum absolute atomic E-state index is 0.0866. The fraction of sp³-hybridized carbons (Fsp3) is 0.583. The monoisotopic (exact) mass is 253 g/mol. The number of nitrogens with zero attached hydrogens (tertiary/aromatic N) is 2. The molecule has 1 rings (SSSR count). The minimum atomic E-state index is -0.978. The number of hydrogen-bond donors (Lipinski definition) is 1. The van der Waals surface area contributed by atoms with Gasteiger partial charge in [-0.1, -0.05) is 13.3 Å². The van der Waals surface area contributed by atoms with E-state index >= 15 is 0 Å². The first-order chi connectivity index (χ1) is 8.51. The Morgan fingerprint density at radius 1 is 1.50 bits per heavy atom. The van der Waals surface area contributed by atoms with E-state index in [1.165, 1.54) is 11.8 Å². The van der Waals surface area contributed by atoms with Crippen molar-refractivity contribution < 1.29 is 14.3 Å². The van der Waals surface area contributed by atoms with Crippen LogP contribution in [-0.4, -0.2) is 34.3 Å². The topological polar surface area (TPSA) is 73.2 Å². The van der Waals surface area contributed by atoms with Gasteiger partial charge in [0, 0.05) is 12.4 Å². The van der Waals surface area contributed by atoms with Gasteiger partial charge in [-0.3, -0.25) is 9.48 Å². The molecule has 1 heterocycles. The van der Waals surface area contributed by atoms with E-state index in [0.29, 0.717) is 6.42 Å². The Balaban J connectivity index is 2.66. The van der Waals surface area contributed by atoms with Crippen molar-refractivity contribution in [2.75, 3.05) is 7.11 Å². The molecule has 0 saturated carbocycles. The van der Waals surface area contributed by atoms with Gasteiger partial charge in [0.05, 0.1) is 7.11 Å². The first kappa shape index (κ1) is 14.2. The highest BCUT2D eigenvalue weighted by Crippen LogP contribution is 2.14. The molecule has 18 heavy (non-hydrogen) atoms. The fourth-order valence-electron chi connectivity index (χ4n) is 1.83. The molecule has 1 N–H and O–H groups in total. The van der Waals surface area contributed by atoms with Crippen LogP contribution in [0, 0.1) is 0 Å². The summed E-state index contributed by atoms with van der Waals surface area (Å²) in [5.74, 6) is -0.696. The lowest BCUT2D eigenvalue weighted by Crippen LogP contribution is -2.53. The molecular weight excluding hydrogens is 234 g/mol. The molecule has 1 aromatic heterocycles. The molecule has 0 fully saturated rings. The van der Waals surface area contributed by atoms with Crippen LogP contribution < -0.4 is 5.32 Å². The van der Waals surface area contributed by atoms with Gasteiger partial charge in [0.2, 0.25) is 5.91 Å². The Labute approximate surface area is 106 Å². The second-order valence-corrected chi connectivity index (χ2v) is 4.33. The third-order valence-electron chi connectivity index (χ3n) is 2.67. The molecule has 6 nitrogen and oxygen atoms in total. The predicted octanol–water partition coefficient (Wildman–Crippen LogP) is 0.731. The zero-order valence-electron chi connectivity index (χ0n) is 11.0. The molecule has 1 unspecified atom stereocenters. The number of aromatic nitrogens is 2. The maximum Gasteiger partial charge on any atom is 0.331 e. The number of ether oxygens (including phenoxy) is 1. The zero-order chi connectivity index (χ0) is 13.6. The van der Waals surface area contributed by atoms with E-state index in [0.717, 1.165) is 6.42 Å². The molecule has 1 amide bonds. The van der Waals surface area contributed by atoms with E-state index in [1.54, 1.807) is 25.4 Å². The maximum atomic E-state index is 11.8. The Morgan fingerprint density at radius 3 is 2.72 bits per heavy atom. The molecule has 100 valence electrons. The number of nitrogens with one attached hydrogen (secondary N) is 1. The van der Waals surface area contributed by atoms with Crippen LogP contribution in [0.5, 0.6) is 0 Å². The third-order valence-corrected chi connectivity index (χ3v) is 2.67. The third kappa shape index (κ3) is 3.58. The molecule has 6 heteroatoms. The molecule has 0 saturated heterocycles. The number of rotatable bonds is 6. The van der Waals surface area contributed by atoms with Crippen LogP contribution in [0.1, 0.15) is 26.7 Å². The van der Waals surface area contributed by atoms with Gasteiger partial charge < -0.3 is 10.1 Å². The largest absolute Gasteiger partial charge is 0.467 e. The van der Waals surface area contributed by atoms with Gasteiger partial charge in [-0.2, -0.15) is 5.10 Å². The van der Waals surface area contributed by atoms with Gasteiger partial charge in [-0.05, 0) is 19.4 Å². The van der Waals surface area contributed by atoms with Crippen LogP contribution in [0.15, 0.2) is 18.5 Å². The number of esters is 1. The van der Waals surface area contributed by atoms with E-state index in [9.17, 15) is 9.59 Å². The average Bonchev–Trinajstić information content (AvgIpc) is 2.80. The first-order valence-corrected chi connectivity index (χ1v) is 5.88. The number of carbonyl (C=O) groups excluding carboxylic acids is 2. The maximum absolute atomic E-state index is 11.8. The lowest BCUT2D eigenvalue weighted by molar-refractivity contribution is -0.150. The Morgan fingerprint density at radius 2 is 2.22 bits per heavy atom. The number of methoxy groups -OCH3 is 1. The summed E-state index contributed by atoms with van der Waals surface area (Å²) in [7, 11) is 1.32. The fourth-order valence-corrected chi connectivity index (χ4v) is 1.83. The van der Waals surface area contributed by atoms with E-state index in [4.69, 9.17) is 4.74 Å². The molecule has 0 aliphatic rings. The predicted molar refractivity (Wildman–Crippen MR) is 65.7 cm³/mol. The summed E-state index contributed by atoms with van der Waals surface area (Å²) < 4.78 is 6.23. The molecular formula is C12H19N3O3. The Bertz CT molecular complexity index is 403. The molecule has 0 radical (unpaired) electrons. The van der Waals surface area contributed by atoms with Crippen molar-refractivity contribution in [2.45, 2.75) is 38.8 Å². The van der Waals surface area contributed by atoms with Crippen molar-refractivity contribution in [1.82, 2.24) is 15.1 Å². The molecule has 0 spiro atoms. The standard InChI is InChI=1S/C12H19N3O3/c1-4-6-12(2,11(17)18-3)14-10(16)9-15-8-5-7-13-15/h5,7-8H,4,6,9H2,1-3H3,(H,14,16). The van der Waals surface area contributed by atoms with E-state index in [2.05, 4.69) is 10.4 Å². The van der Waals surface area contributed by atoms with Crippen molar-refractivity contribution in [3.63, 3.8) is 0 Å². The lowest BCUT2D eigenvalue weighted by Gasteiger charge is -2.27. The van der Waals surface area contributed by atoms with Gasteiger partial charge in [-0.25, -0.2) is 4.79 Å². The van der Waals surface area contributed by atoms with E-state index in [1.807, 2.05) is 6.92 Å². The summed E-state index contributed by atoms with van der Waals surface area (Å²) in [5, 5.41) is 6.65. The molecule has 1 aromatic rings. The van der Waals surface area contributed by atoms with Crippen LogP contribution in [0.4, 0.5) is 0 Å². The summed E-state index contributed by atoms with van der Waals surface area (Å²) in [6, 6.07) is 1.73. The quantitative estimate of drug-likeness (QED) is 0.759. The van der Waals surface area contributed by atoms with Crippen LogP contribution in [0.3, 0.4) is 0 Å². The molecule has 1 atom stereocenters. The molecule has 0 bridgehead atoms. The normalized spacial score (nSPS) is 13.7. The summed E-state index contributed by atoms with van der Waals surface area (Å²) in [6.45, 7) is 3.70. The van der Waals surface area contributed by atoms with E-state index < -0.39 is 11.5 Å². The molecule has 0 aliphatic heterocycles. The lowest BCUT2D eigenvalue weighted by atomic mass is 9.96. The summed E-state index contributed by atoms with van der Waals surface area (Å²) >= 11 is 0. The smallest absolute Gasteiger partial charge is 0.331 e. The highest BCUT2D eigenvalue weighted by atomic mass is 16.5. The van der Waals surface area contributed by atoms with Gasteiger partial charge in [0.15, 0.2) is 0 Å². The summed E-state index contributed by atoms with van der Waals surface area (Å²) in [4.78, 5) is 23.5. The molecule has 0 aliphatic carbocycles. The molecule has 0 aromatic carbocycles. The second-order valence-electron chi connectivity index (χ2n) is 4.33. The van der Waals surface area contributed by atoms with Crippen molar-refractivity contribution >= 4 is 11.9 Å².